The lowest BCUT2D eigenvalue weighted by Gasteiger charge is -2.11. The number of fused-ring (bicyclic) bond motifs is 1. The van der Waals surface area contributed by atoms with Crippen molar-refractivity contribution in [2.45, 2.75) is 11.8 Å². The Morgan fingerprint density at radius 3 is 2.48 bits per heavy atom. The summed E-state index contributed by atoms with van der Waals surface area (Å²) in [6, 6.07) is 16.3. The molecule has 104 valence electrons. The number of rotatable bonds is 2. The molecule has 0 fully saturated rings. The highest BCUT2D eigenvalue weighted by Gasteiger charge is 2.33. The van der Waals surface area contributed by atoms with Crippen molar-refractivity contribution in [3.05, 3.63) is 60.2 Å². The molecule has 2 aromatic rings. The molecule has 0 saturated carbocycles. The Morgan fingerprint density at radius 1 is 1.05 bits per heavy atom. The van der Waals surface area contributed by atoms with E-state index in [9.17, 15) is 9.59 Å². The van der Waals surface area contributed by atoms with Gasteiger partial charge in [0.2, 0.25) is 5.12 Å². The maximum Gasteiger partial charge on any atom is 0.210 e. The molecule has 0 amide bonds. The number of thioether (sulfide) groups is 1. The second-order valence-electron chi connectivity index (χ2n) is 4.81. The maximum absolute atomic E-state index is 12.6. The molecule has 1 heterocycles. The number of benzene rings is 2. The van der Waals surface area contributed by atoms with Gasteiger partial charge in [0, 0.05) is 16.2 Å². The van der Waals surface area contributed by atoms with Crippen LogP contribution in [0.4, 0.5) is 5.69 Å². The molecular formula is C17H13NO2S. The molecule has 21 heavy (non-hydrogen) atoms. The summed E-state index contributed by atoms with van der Waals surface area (Å²) < 4.78 is 0. The Hall–Kier alpha value is -2.20. The van der Waals surface area contributed by atoms with Crippen LogP contribution >= 0.6 is 11.8 Å². The lowest BCUT2D eigenvalue weighted by Crippen LogP contribution is -2.28. The van der Waals surface area contributed by atoms with E-state index in [-0.39, 0.29) is 10.9 Å². The van der Waals surface area contributed by atoms with Gasteiger partial charge in [-0.25, -0.2) is 0 Å². The van der Waals surface area contributed by atoms with Gasteiger partial charge in [-0.05, 0) is 30.8 Å². The van der Waals surface area contributed by atoms with Gasteiger partial charge >= 0.3 is 0 Å². The molecule has 0 aromatic heterocycles. The molecule has 0 aliphatic carbocycles. The van der Waals surface area contributed by atoms with E-state index in [0.29, 0.717) is 11.3 Å². The van der Waals surface area contributed by atoms with Crippen LogP contribution in [0.25, 0.3) is 0 Å². The maximum atomic E-state index is 12.6. The smallest absolute Gasteiger partial charge is 0.210 e. The van der Waals surface area contributed by atoms with Crippen LogP contribution in [0.2, 0.25) is 0 Å². The highest BCUT2D eigenvalue weighted by molar-refractivity contribution is 8.14. The fourth-order valence-electron chi connectivity index (χ4n) is 2.29. The lowest BCUT2D eigenvalue weighted by molar-refractivity contribution is -0.111. The van der Waals surface area contributed by atoms with Crippen LogP contribution in [0.3, 0.4) is 0 Å². The van der Waals surface area contributed by atoms with E-state index in [1.807, 2.05) is 30.3 Å². The molecule has 3 rings (SSSR count). The van der Waals surface area contributed by atoms with Crippen molar-refractivity contribution in [2.24, 2.45) is 10.9 Å². The van der Waals surface area contributed by atoms with Crippen LogP contribution in [-0.4, -0.2) is 16.6 Å². The second kappa shape index (κ2) is 5.66. The standard InChI is InChI=1S/C17H13NO2S/c1-11-15(16(19)12-7-3-2-4-8-12)17(20)21-14-10-6-5-9-13(14)18-11/h2-10,15H,1H3. The van der Waals surface area contributed by atoms with E-state index in [2.05, 4.69) is 4.99 Å². The van der Waals surface area contributed by atoms with E-state index in [1.54, 1.807) is 31.2 Å². The van der Waals surface area contributed by atoms with Crippen molar-refractivity contribution in [1.29, 1.82) is 0 Å². The van der Waals surface area contributed by atoms with Gasteiger partial charge in [-0.1, -0.05) is 42.5 Å². The van der Waals surface area contributed by atoms with E-state index < -0.39 is 5.92 Å². The number of hydrogen-bond acceptors (Lipinski definition) is 4. The number of carbonyl (C=O) groups excluding carboxylic acids is 2. The van der Waals surface area contributed by atoms with Crippen molar-refractivity contribution in [3.8, 4) is 0 Å². The summed E-state index contributed by atoms with van der Waals surface area (Å²) in [5.41, 5.74) is 1.83. The van der Waals surface area contributed by atoms with Gasteiger partial charge in [-0.2, -0.15) is 0 Å². The van der Waals surface area contributed by atoms with Crippen molar-refractivity contribution >= 4 is 34.1 Å². The van der Waals surface area contributed by atoms with Gasteiger partial charge in [0.25, 0.3) is 0 Å². The van der Waals surface area contributed by atoms with Crippen molar-refractivity contribution < 1.29 is 9.59 Å². The molecule has 0 spiro atoms. The van der Waals surface area contributed by atoms with E-state index >= 15 is 0 Å². The summed E-state index contributed by atoms with van der Waals surface area (Å²) in [7, 11) is 0. The molecule has 0 radical (unpaired) electrons. The molecule has 1 atom stereocenters. The van der Waals surface area contributed by atoms with Crippen LogP contribution in [0.5, 0.6) is 0 Å². The quantitative estimate of drug-likeness (QED) is 0.623. The third kappa shape index (κ3) is 2.67. The highest BCUT2D eigenvalue weighted by Crippen LogP contribution is 2.36. The molecule has 1 aliphatic rings. The number of Topliss-reactive ketones (excluding diaryl/α,β-unsaturated/α-hetero) is 1. The predicted molar refractivity (Wildman–Crippen MR) is 84.3 cm³/mol. The summed E-state index contributed by atoms with van der Waals surface area (Å²) in [6.45, 7) is 1.74. The Kier molecular flexibility index (Phi) is 3.71. The summed E-state index contributed by atoms with van der Waals surface area (Å²) in [5.74, 6) is -1.01. The Balaban J connectivity index is 2.01. The Bertz CT molecular complexity index is 737. The first-order chi connectivity index (χ1) is 10.2. The average Bonchev–Trinajstić information content (AvgIpc) is 2.62. The van der Waals surface area contributed by atoms with Crippen LogP contribution in [0.15, 0.2) is 64.5 Å². The zero-order valence-electron chi connectivity index (χ0n) is 11.4. The van der Waals surface area contributed by atoms with E-state index in [4.69, 9.17) is 0 Å². The first-order valence-electron chi connectivity index (χ1n) is 6.62. The monoisotopic (exact) mass is 295 g/mol. The first-order valence-corrected chi connectivity index (χ1v) is 7.43. The number of aliphatic imine (C=N–C) groups is 1. The number of hydrogen-bond donors (Lipinski definition) is 0. The van der Waals surface area contributed by atoms with E-state index in [0.717, 1.165) is 22.3 Å². The third-order valence-corrected chi connectivity index (χ3v) is 4.35. The van der Waals surface area contributed by atoms with Gasteiger partial charge in [0.05, 0.1) is 5.69 Å². The minimum absolute atomic E-state index is 0.171. The van der Waals surface area contributed by atoms with Crippen LogP contribution in [0, 0.1) is 5.92 Å². The summed E-state index contributed by atoms with van der Waals surface area (Å²) in [5, 5.41) is -0.171. The number of carbonyl (C=O) groups is 2. The zero-order valence-corrected chi connectivity index (χ0v) is 12.3. The van der Waals surface area contributed by atoms with Crippen LogP contribution in [-0.2, 0) is 4.79 Å². The van der Waals surface area contributed by atoms with Gasteiger partial charge in [0.1, 0.15) is 5.92 Å². The predicted octanol–water partition coefficient (Wildman–Crippen LogP) is 3.91. The van der Waals surface area contributed by atoms with Crippen molar-refractivity contribution in [2.75, 3.05) is 0 Å². The molecule has 2 aromatic carbocycles. The summed E-state index contributed by atoms with van der Waals surface area (Å²) in [6.07, 6.45) is 0. The number of nitrogens with zero attached hydrogens (tertiary/aromatic N) is 1. The zero-order chi connectivity index (χ0) is 14.8. The van der Waals surface area contributed by atoms with Crippen molar-refractivity contribution in [1.82, 2.24) is 0 Å². The van der Waals surface area contributed by atoms with Gasteiger partial charge in [-0.3, -0.25) is 14.6 Å². The highest BCUT2D eigenvalue weighted by atomic mass is 32.2. The lowest BCUT2D eigenvalue weighted by atomic mass is 9.95. The second-order valence-corrected chi connectivity index (χ2v) is 5.85. The van der Waals surface area contributed by atoms with Crippen LogP contribution < -0.4 is 0 Å². The minimum Gasteiger partial charge on any atom is -0.293 e. The molecule has 4 heteroatoms. The molecule has 0 saturated heterocycles. The topological polar surface area (TPSA) is 46.5 Å². The van der Waals surface area contributed by atoms with E-state index in [1.165, 1.54) is 0 Å². The normalized spacial score (nSPS) is 17.7. The molecule has 1 unspecified atom stereocenters. The molecule has 3 nitrogen and oxygen atoms in total. The fourth-order valence-corrected chi connectivity index (χ4v) is 3.27. The SMILES string of the molecule is CC1=Nc2ccccc2SC(=O)C1C(=O)c1ccccc1. The minimum atomic E-state index is -0.815. The first kappa shape index (κ1) is 13.8. The van der Waals surface area contributed by atoms with Gasteiger partial charge in [0.15, 0.2) is 5.78 Å². The molecule has 1 aliphatic heterocycles. The summed E-state index contributed by atoms with van der Waals surface area (Å²) >= 11 is 1.09. The molecular weight excluding hydrogens is 282 g/mol. The number of para-hydroxylation sites is 1. The number of ketones is 1. The van der Waals surface area contributed by atoms with Gasteiger partial charge < -0.3 is 0 Å². The molecule has 0 bridgehead atoms. The third-order valence-electron chi connectivity index (χ3n) is 3.35. The Morgan fingerprint density at radius 2 is 1.71 bits per heavy atom. The molecule has 0 N–H and O–H groups in total. The largest absolute Gasteiger partial charge is 0.293 e. The Labute approximate surface area is 127 Å². The summed E-state index contributed by atoms with van der Waals surface area (Å²) in [4.78, 5) is 30.3. The van der Waals surface area contributed by atoms with Crippen molar-refractivity contribution in [3.63, 3.8) is 0 Å². The van der Waals surface area contributed by atoms with Gasteiger partial charge in [-0.15, -0.1) is 0 Å². The fraction of sp³-hybridized carbons (Fsp3) is 0.118. The average molecular weight is 295 g/mol. The van der Waals surface area contributed by atoms with Crippen LogP contribution in [0.1, 0.15) is 17.3 Å².